The van der Waals surface area contributed by atoms with Crippen LogP contribution in [0.5, 0.6) is 5.75 Å². The molecule has 0 bridgehead atoms. The van der Waals surface area contributed by atoms with Gasteiger partial charge in [-0.15, -0.1) is 0 Å². The van der Waals surface area contributed by atoms with Crippen LogP contribution >= 0.6 is 0 Å². The Morgan fingerprint density at radius 2 is 2.09 bits per heavy atom. The number of ether oxygens (including phenoxy) is 1. The van der Waals surface area contributed by atoms with Gasteiger partial charge in [-0.3, -0.25) is 4.68 Å². The number of carbonyl (C=O) groups excluding carboxylic acids is 1. The second kappa shape index (κ2) is 7.49. The van der Waals surface area contributed by atoms with Gasteiger partial charge < -0.3 is 15.4 Å². The summed E-state index contributed by atoms with van der Waals surface area (Å²) >= 11 is 0. The highest BCUT2D eigenvalue weighted by Gasteiger charge is 2.14. The molecule has 1 heterocycles. The first-order chi connectivity index (χ1) is 10.6. The average molecular weight is 302 g/mol. The Hall–Kier alpha value is -2.50. The molecule has 1 atom stereocenters. The minimum Gasteiger partial charge on any atom is -0.492 e. The van der Waals surface area contributed by atoms with Crippen molar-refractivity contribution < 1.29 is 9.53 Å². The molecule has 6 nitrogen and oxygen atoms in total. The lowest BCUT2D eigenvalue weighted by Crippen LogP contribution is -2.39. The number of benzene rings is 1. The van der Waals surface area contributed by atoms with Gasteiger partial charge >= 0.3 is 6.03 Å². The van der Waals surface area contributed by atoms with Crippen molar-refractivity contribution in [3.63, 3.8) is 0 Å². The third kappa shape index (κ3) is 4.25. The fourth-order valence-electron chi connectivity index (χ4n) is 2.12. The SMILES string of the molecule is Cc1c([C@H](C)NC(=O)NCCOc2ccccc2)cnn1C. The molecule has 2 aromatic rings. The standard InChI is InChI=1S/C16H22N4O2/c1-12(15-11-18-20(3)13(15)2)19-16(21)17-9-10-22-14-7-5-4-6-8-14/h4-8,11-12H,9-10H2,1-3H3,(H2,17,19,21)/t12-/m0/s1. The largest absolute Gasteiger partial charge is 0.492 e. The van der Waals surface area contributed by atoms with Crippen LogP contribution < -0.4 is 15.4 Å². The summed E-state index contributed by atoms with van der Waals surface area (Å²) in [6.07, 6.45) is 1.78. The highest BCUT2D eigenvalue weighted by molar-refractivity contribution is 5.74. The van der Waals surface area contributed by atoms with Crippen molar-refractivity contribution in [3.8, 4) is 5.75 Å². The van der Waals surface area contributed by atoms with Crippen molar-refractivity contribution in [2.45, 2.75) is 19.9 Å². The number of aryl methyl sites for hydroxylation is 1. The first-order valence-corrected chi connectivity index (χ1v) is 7.28. The lowest BCUT2D eigenvalue weighted by atomic mass is 10.1. The number of hydrogen-bond acceptors (Lipinski definition) is 3. The molecule has 0 radical (unpaired) electrons. The van der Waals surface area contributed by atoms with E-state index >= 15 is 0 Å². The summed E-state index contributed by atoms with van der Waals surface area (Å²) in [5.41, 5.74) is 2.05. The van der Waals surface area contributed by atoms with Crippen molar-refractivity contribution in [1.29, 1.82) is 0 Å². The number of hydrogen-bond donors (Lipinski definition) is 2. The molecular formula is C16H22N4O2. The number of urea groups is 1. The van der Waals surface area contributed by atoms with Crippen molar-refractivity contribution >= 4 is 6.03 Å². The van der Waals surface area contributed by atoms with E-state index in [9.17, 15) is 4.79 Å². The lowest BCUT2D eigenvalue weighted by molar-refractivity contribution is 0.233. The summed E-state index contributed by atoms with van der Waals surface area (Å²) in [6.45, 7) is 4.79. The van der Waals surface area contributed by atoms with Crippen LogP contribution in [0.4, 0.5) is 4.79 Å². The molecule has 2 rings (SSSR count). The maximum Gasteiger partial charge on any atom is 0.315 e. The Morgan fingerprint density at radius 3 is 2.73 bits per heavy atom. The third-order valence-electron chi connectivity index (χ3n) is 3.49. The number of amides is 2. The second-order valence-corrected chi connectivity index (χ2v) is 5.09. The van der Waals surface area contributed by atoms with E-state index in [-0.39, 0.29) is 12.1 Å². The zero-order valence-electron chi connectivity index (χ0n) is 13.2. The van der Waals surface area contributed by atoms with Crippen LogP contribution in [-0.4, -0.2) is 29.0 Å². The highest BCUT2D eigenvalue weighted by atomic mass is 16.5. The molecule has 118 valence electrons. The predicted octanol–water partition coefficient (Wildman–Crippen LogP) is 2.17. The van der Waals surface area contributed by atoms with Crippen molar-refractivity contribution in [2.75, 3.05) is 13.2 Å². The molecule has 2 amide bonds. The molecule has 1 aromatic heterocycles. The van der Waals surface area contributed by atoms with Gasteiger partial charge in [0, 0.05) is 18.3 Å². The Morgan fingerprint density at radius 1 is 1.36 bits per heavy atom. The zero-order chi connectivity index (χ0) is 15.9. The Labute approximate surface area is 130 Å². The van der Waals surface area contributed by atoms with Gasteiger partial charge in [-0.1, -0.05) is 18.2 Å². The molecule has 0 aliphatic carbocycles. The molecule has 0 unspecified atom stereocenters. The molecule has 2 N–H and O–H groups in total. The number of aromatic nitrogens is 2. The Balaban J connectivity index is 1.70. The lowest BCUT2D eigenvalue weighted by Gasteiger charge is -2.14. The summed E-state index contributed by atoms with van der Waals surface area (Å²) in [6, 6.07) is 9.21. The predicted molar refractivity (Wildman–Crippen MR) is 84.8 cm³/mol. The number of nitrogens with one attached hydrogen (secondary N) is 2. The summed E-state index contributed by atoms with van der Waals surface area (Å²) in [4.78, 5) is 11.9. The smallest absolute Gasteiger partial charge is 0.315 e. The van der Waals surface area contributed by atoms with Gasteiger partial charge in [0.25, 0.3) is 0 Å². The van der Waals surface area contributed by atoms with Gasteiger partial charge in [-0.05, 0) is 26.0 Å². The fourth-order valence-corrected chi connectivity index (χ4v) is 2.12. The molecule has 1 aromatic carbocycles. The maximum absolute atomic E-state index is 11.9. The minimum absolute atomic E-state index is 0.0938. The van der Waals surface area contributed by atoms with Gasteiger partial charge in [0.15, 0.2) is 0 Å². The fraction of sp³-hybridized carbons (Fsp3) is 0.375. The van der Waals surface area contributed by atoms with Crippen LogP contribution in [0.1, 0.15) is 24.2 Å². The van der Waals surface area contributed by atoms with Gasteiger partial charge in [-0.2, -0.15) is 5.10 Å². The second-order valence-electron chi connectivity index (χ2n) is 5.09. The number of rotatable bonds is 6. The zero-order valence-corrected chi connectivity index (χ0v) is 13.2. The van der Waals surface area contributed by atoms with E-state index in [1.807, 2.05) is 51.2 Å². The molecule has 0 saturated heterocycles. The molecule has 22 heavy (non-hydrogen) atoms. The molecule has 6 heteroatoms. The van der Waals surface area contributed by atoms with Crippen molar-refractivity contribution in [2.24, 2.45) is 7.05 Å². The first kappa shape index (κ1) is 15.9. The van der Waals surface area contributed by atoms with Crippen LogP contribution in [0.3, 0.4) is 0 Å². The summed E-state index contributed by atoms with van der Waals surface area (Å²) in [7, 11) is 1.88. The van der Waals surface area contributed by atoms with E-state index in [2.05, 4.69) is 15.7 Å². The van der Waals surface area contributed by atoms with Crippen LogP contribution in [0.15, 0.2) is 36.5 Å². The molecule has 0 aliphatic heterocycles. The van der Waals surface area contributed by atoms with E-state index in [0.29, 0.717) is 13.2 Å². The number of para-hydroxylation sites is 1. The van der Waals surface area contributed by atoms with E-state index in [1.54, 1.807) is 10.9 Å². The first-order valence-electron chi connectivity index (χ1n) is 7.28. The topological polar surface area (TPSA) is 68.2 Å². The van der Waals surface area contributed by atoms with Crippen LogP contribution in [0, 0.1) is 6.92 Å². The molecule has 0 aliphatic rings. The highest BCUT2D eigenvalue weighted by Crippen LogP contribution is 2.15. The molecule has 0 spiro atoms. The summed E-state index contributed by atoms with van der Waals surface area (Å²) < 4.78 is 7.30. The normalized spacial score (nSPS) is 11.8. The average Bonchev–Trinajstić information content (AvgIpc) is 2.84. The molecule has 0 fully saturated rings. The van der Waals surface area contributed by atoms with Gasteiger partial charge in [0.1, 0.15) is 12.4 Å². The van der Waals surface area contributed by atoms with E-state index < -0.39 is 0 Å². The Kier molecular flexibility index (Phi) is 5.41. The van der Waals surface area contributed by atoms with E-state index in [4.69, 9.17) is 4.74 Å². The third-order valence-corrected chi connectivity index (χ3v) is 3.49. The Bertz CT molecular complexity index is 610. The maximum atomic E-state index is 11.9. The number of carbonyl (C=O) groups is 1. The summed E-state index contributed by atoms with van der Waals surface area (Å²) in [5, 5.41) is 9.85. The number of nitrogens with zero attached hydrogens (tertiary/aromatic N) is 2. The van der Waals surface area contributed by atoms with Gasteiger partial charge in [0.2, 0.25) is 0 Å². The van der Waals surface area contributed by atoms with E-state index in [1.165, 1.54) is 0 Å². The van der Waals surface area contributed by atoms with Crippen LogP contribution in [-0.2, 0) is 7.05 Å². The monoisotopic (exact) mass is 302 g/mol. The van der Waals surface area contributed by atoms with Gasteiger partial charge in [0.05, 0.1) is 18.8 Å². The van der Waals surface area contributed by atoms with Crippen molar-refractivity contribution in [3.05, 3.63) is 47.8 Å². The molecular weight excluding hydrogens is 280 g/mol. The van der Waals surface area contributed by atoms with Crippen molar-refractivity contribution in [1.82, 2.24) is 20.4 Å². The molecule has 0 saturated carbocycles. The van der Waals surface area contributed by atoms with Crippen LogP contribution in [0.2, 0.25) is 0 Å². The van der Waals surface area contributed by atoms with E-state index in [0.717, 1.165) is 17.0 Å². The van der Waals surface area contributed by atoms with Crippen LogP contribution in [0.25, 0.3) is 0 Å². The quantitative estimate of drug-likeness (QED) is 0.804. The van der Waals surface area contributed by atoms with Gasteiger partial charge in [-0.25, -0.2) is 4.79 Å². The minimum atomic E-state index is -0.215. The summed E-state index contributed by atoms with van der Waals surface area (Å²) in [5.74, 6) is 0.795.